The van der Waals surface area contributed by atoms with E-state index in [-0.39, 0.29) is 34.6 Å². The number of nitrogens with one attached hydrogen (secondary N) is 1. The van der Waals surface area contributed by atoms with Crippen molar-refractivity contribution in [2.45, 2.75) is 51.2 Å². The molecule has 12 nitrogen and oxygen atoms in total. The summed E-state index contributed by atoms with van der Waals surface area (Å²) in [6.45, 7) is 5.77. The number of halogens is 1. The Labute approximate surface area is 261 Å². The molecular weight excluding hydrogens is 612 g/mol. The van der Waals surface area contributed by atoms with Crippen molar-refractivity contribution < 1.29 is 32.4 Å². The van der Waals surface area contributed by atoms with Gasteiger partial charge in [-0.2, -0.15) is 0 Å². The van der Waals surface area contributed by atoms with Crippen LogP contribution < -0.4 is 19.1 Å². The average molecular weight is 647 g/mol. The summed E-state index contributed by atoms with van der Waals surface area (Å²) in [6.07, 6.45) is 0. The van der Waals surface area contributed by atoms with Crippen LogP contribution in [0.25, 0.3) is 0 Å². The van der Waals surface area contributed by atoms with Gasteiger partial charge in [0.2, 0.25) is 11.8 Å². The molecule has 0 bridgehead atoms. The van der Waals surface area contributed by atoms with Gasteiger partial charge in [-0.15, -0.1) is 0 Å². The smallest absolute Gasteiger partial charge is 0.273 e. The zero-order valence-corrected chi connectivity index (χ0v) is 26.8. The molecule has 0 unspecified atom stereocenters. The third-order valence-corrected chi connectivity index (χ3v) is 8.75. The summed E-state index contributed by atoms with van der Waals surface area (Å²) in [5.74, 6) is -0.486. The Morgan fingerprint density at radius 2 is 1.66 bits per heavy atom. The fourth-order valence-electron chi connectivity index (χ4n) is 4.36. The lowest BCUT2D eigenvalue weighted by molar-refractivity contribution is -0.385. The third kappa shape index (κ3) is 7.97. The molecule has 0 spiro atoms. The van der Waals surface area contributed by atoms with Crippen molar-refractivity contribution in [3.8, 4) is 11.5 Å². The first kappa shape index (κ1) is 34.1. The zero-order chi connectivity index (χ0) is 32.8. The number of amides is 2. The van der Waals surface area contributed by atoms with Crippen molar-refractivity contribution in [2.75, 3.05) is 25.1 Å². The quantitative estimate of drug-likeness (QED) is 0.207. The Balaban J connectivity index is 2.15. The molecule has 0 aliphatic heterocycles. The fourth-order valence-corrected chi connectivity index (χ4v) is 5.96. The van der Waals surface area contributed by atoms with Crippen molar-refractivity contribution >= 4 is 44.8 Å². The number of nitro groups is 1. The molecule has 3 rings (SSSR count). The second-order valence-electron chi connectivity index (χ2n) is 10.2. The van der Waals surface area contributed by atoms with Crippen molar-refractivity contribution in [1.29, 1.82) is 0 Å². The summed E-state index contributed by atoms with van der Waals surface area (Å²) in [7, 11) is -1.78. The molecule has 44 heavy (non-hydrogen) atoms. The largest absolute Gasteiger partial charge is 0.497 e. The summed E-state index contributed by atoms with van der Waals surface area (Å²) < 4.78 is 39.8. The van der Waals surface area contributed by atoms with Gasteiger partial charge in [0.1, 0.15) is 24.1 Å². The number of rotatable bonds is 13. The van der Waals surface area contributed by atoms with Crippen LogP contribution in [0.4, 0.5) is 11.4 Å². The first-order chi connectivity index (χ1) is 20.7. The van der Waals surface area contributed by atoms with Gasteiger partial charge in [0.25, 0.3) is 15.7 Å². The monoisotopic (exact) mass is 646 g/mol. The highest BCUT2D eigenvalue weighted by atomic mass is 35.5. The van der Waals surface area contributed by atoms with Gasteiger partial charge in [0.15, 0.2) is 0 Å². The van der Waals surface area contributed by atoms with Crippen LogP contribution in [0.3, 0.4) is 0 Å². The molecule has 0 aliphatic rings. The Kier molecular flexibility index (Phi) is 11.2. The van der Waals surface area contributed by atoms with Crippen LogP contribution in [0.5, 0.6) is 11.5 Å². The maximum absolute atomic E-state index is 14.2. The molecule has 236 valence electrons. The van der Waals surface area contributed by atoms with Gasteiger partial charge in [-0.3, -0.25) is 24.0 Å². The molecule has 1 atom stereocenters. The first-order valence-electron chi connectivity index (χ1n) is 13.5. The highest BCUT2D eigenvalue weighted by Gasteiger charge is 2.35. The average Bonchev–Trinajstić information content (AvgIpc) is 2.98. The Hall–Kier alpha value is -4.36. The lowest BCUT2D eigenvalue weighted by atomic mass is 10.1. The maximum Gasteiger partial charge on any atom is 0.273 e. The van der Waals surface area contributed by atoms with Gasteiger partial charge in [-0.05, 0) is 69.7 Å². The molecule has 2 amide bonds. The predicted molar refractivity (Wildman–Crippen MR) is 167 cm³/mol. The molecule has 0 saturated heterocycles. The van der Waals surface area contributed by atoms with E-state index in [1.807, 2.05) is 0 Å². The molecule has 14 heteroatoms. The number of anilines is 1. The number of ether oxygens (including phenoxy) is 2. The number of sulfonamides is 1. The van der Waals surface area contributed by atoms with Crippen molar-refractivity contribution in [2.24, 2.45) is 0 Å². The molecule has 0 heterocycles. The summed E-state index contributed by atoms with van der Waals surface area (Å²) >= 11 is 6.25. The standard InChI is InChI=1S/C30H35ClN4O8S/c1-19(2)32-30(37)21(4)33(17-22-8-11-24(42-5)12-9-22)29(36)18-34(27-15-23(31)10-14-28(27)43-6)44(40,41)25-13-7-20(3)26(16-25)35(38)39/h7-16,19,21H,17-18H2,1-6H3,(H,32,37)/t21-/m1/s1. The molecule has 0 aliphatic carbocycles. The number of nitrogens with zero attached hydrogens (tertiary/aromatic N) is 3. The van der Waals surface area contributed by atoms with Crippen LogP contribution in [0, 0.1) is 17.0 Å². The molecule has 3 aromatic rings. The number of aryl methyl sites for hydroxylation is 1. The van der Waals surface area contributed by atoms with E-state index >= 15 is 0 Å². The van der Waals surface area contributed by atoms with Gasteiger partial charge in [-0.1, -0.05) is 29.8 Å². The Morgan fingerprint density at radius 3 is 2.23 bits per heavy atom. The van der Waals surface area contributed by atoms with Crippen LogP contribution in [-0.2, 0) is 26.2 Å². The van der Waals surface area contributed by atoms with Gasteiger partial charge in [-0.25, -0.2) is 8.42 Å². The normalized spacial score (nSPS) is 11.9. The first-order valence-corrected chi connectivity index (χ1v) is 15.4. The third-order valence-electron chi connectivity index (χ3n) is 6.76. The van der Waals surface area contributed by atoms with Crippen molar-refractivity contribution in [3.63, 3.8) is 0 Å². The summed E-state index contributed by atoms with van der Waals surface area (Å²) in [4.78, 5) is 39.0. The minimum absolute atomic E-state index is 0.0356. The number of hydrogen-bond donors (Lipinski definition) is 1. The number of benzene rings is 3. The minimum atomic E-state index is -4.63. The number of methoxy groups -OCH3 is 2. The van der Waals surface area contributed by atoms with E-state index in [9.17, 15) is 28.1 Å². The van der Waals surface area contributed by atoms with E-state index in [4.69, 9.17) is 21.1 Å². The zero-order valence-electron chi connectivity index (χ0n) is 25.2. The lowest BCUT2D eigenvalue weighted by Crippen LogP contribution is -2.52. The molecule has 0 aromatic heterocycles. The number of carbonyl (C=O) groups excluding carboxylic acids is 2. The molecule has 1 N–H and O–H groups in total. The second-order valence-corrected chi connectivity index (χ2v) is 12.5. The van der Waals surface area contributed by atoms with E-state index in [1.54, 1.807) is 45.0 Å². The van der Waals surface area contributed by atoms with E-state index in [1.165, 1.54) is 56.4 Å². The lowest BCUT2D eigenvalue weighted by Gasteiger charge is -2.32. The Bertz CT molecular complexity index is 1630. The topological polar surface area (TPSA) is 148 Å². The maximum atomic E-state index is 14.2. The van der Waals surface area contributed by atoms with Gasteiger partial charge in [0, 0.05) is 29.2 Å². The van der Waals surface area contributed by atoms with Crippen LogP contribution in [0.2, 0.25) is 5.02 Å². The summed E-state index contributed by atoms with van der Waals surface area (Å²) in [5.41, 5.74) is 0.440. The van der Waals surface area contributed by atoms with Crippen LogP contribution in [0.1, 0.15) is 31.9 Å². The molecule has 3 aromatic carbocycles. The van der Waals surface area contributed by atoms with E-state index in [2.05, 4.69) is 5.32 Å². The van der Waals surface area contributed by atoms with Gasteiger partial charge >= 0.3 is 0 Å². The van der Waals surface area contributed by atoms with Gasteiger partial charge < -0.3 is 19.7 Å². The van der Waals surface area contributed by atoms with Crippen LogP contribution in [0.15, 0.2) is 65.6 Å². The van der Waals surface area contributed by atoms with Crippen LogP contribution >= 0.6 is 11.6 Å². The highest BCUT2D eigenvalue weighted by Crippen LogP contribution is 2.36. The summed E-state index contributed by atoms with van der Waals surface area (Å²) in [5, 5.41) is 14.6. The molecule has 0 fully saturated rings. The summed E-state index contributed by atoms with van der Waals surface area (Å²) in [6, 6.07) is 13.4. The second kappa shape index (κ2) is 14.4. The van der Waals surface area contributed by atoms with E-state index < -0.39 is 49.9 Å². The highest BCUT2D eigenvalue weighted by molar-refractivity contribution is 7.92. The number of nitro benzene ring substituents is 1. The molecular formula is C30H35ClN4O8S. The molecule has 0 saturated carbocycles. The van der Waals surface area contributed by atoms with Gasteiger partial charge in [0.05, 0.1) is 29.7 Å². The number of hydrogen-bond acceptors (Lipinski definition) is 8. The van der Waals surface area contributed by atoms with E-state index in [0.29, 0.717) is 11.3 Å². The SMILES string of the molecule is COc1ccc(CN(C(=O)CN(c2cc(Cl)ccc2OC)S(=O)(=O)c2ccc(C)c([N+](=O)[O-])c2)[C@H](C)C(=O)NC(C)C)cc1. The predicted octanol–water partition coefficient (Wildman–Crippen LogP) is 4.71. The minimum Gasteiger partial charge on any atom is -0.497 e. The van der Waals surface area contributed by atoms with Crippen molar-refractivity contribution in [1.82, 2.24) is 10.2 Å². The number of carbonyl (C=O) groups is 2. The van der Waals surface area contributed by atoms with Crippen LogP contribution in [-0.4, -0.2) is 62.9 Å². The van der Waals surface area contributed by atoms with Crippen molar-refractivity contribution in [3.05, 3.63) is 86.9 Å². The molecule has 0 radical (unpaired) electrons. The Morgan fingerprint density at radius 1 is 1.00 bits per heavy atom. The fraction of sp³-hybridized carbons (Fsp3) is 0.333. The van der Waals surface area contributed by atoms with E-state index in [0.717, 1.165) is 10.4 Å².